The summed E-state index contributed by atoms with van der Waals surface area (Å²) in [4.78, 5) is 15.9. The van der Waals surface area contributed by atoms with Crippen LogP contribution in [0, 0.1) is 0 Å². The van der Waals surface area contributed by atoms with Crippen LogP contribution in [0.4, 0.5) is 0 Å². The van der Waals surface area contributed by atoms with Crippen LogP contribution in [-0.4, -0.2) is 23.5 Å². The van der Waals surface area contributed by atoms with Crippen LogP contribution in [0.15, 0.2) is 22.8 Å². The van der Waals surface area contributed by atoms with Gasteiger partial charge in [-0.2, -0.15) is 0 Å². The van der Waals surface area contributed by atoms with Gasteiger partial charge in [0.1, 0.15) is 6.10 Å². The third-order valence-corrected chi connectivity index (χ3v) is 3.19. The van der Waals surface area contributed by atoms with Crippen LogP contribution >= 0.6 is 15.9 Å². The summed E-state index contributed by atoms with van der Waals surface area (Å²) in [5.74, 6) is 0.131. The van der Waals surface area contributed by atoms with E-state index >= 15 is 0 Å². The standard InChI is InChI=1S/C11H12BrNO2/c12-8-3-1-5-13-9(8)7-10(14)11-4-2-6-15-11/h1,3,5,11H,2,4,6-7H2. The zero-order valence-electron chi connectivity index (χ0n) is 8.28. The molecule has 1 aliphatic rings. The van der Waals surface area contributed by atoms with Crippen molar-refractivity contribution in [1.29, 1.82) is 0 Å². The first-order valence-corrected chi connectivity index (χ1v) is 5.80. The largest absolute Gasteiger partial charge is 0.370 e. The van der Waals surface area contributed by atoms with E-state index in [0.717, 1.165) is 23.0 Å². The summed E-state index contributed by atoms with van der Waals surface area (Å²) >= 11 is 3.38. The Labute approximate surface area is 97.0 Å². The molecule has 1 aromatic heterocycles. The van der Waals surface area contributed by atoms with Crippen molar-refractivity contribution in [2.75, 3.05) is 6.61 Å². The smallest absolute Gasteiger partial charge is 0.167 e. The minimum absolute atomic E-state index is 0.131. The Balaban J connectivity index is 2.02. The minimum Gasteiger partial charge on any atom is -0.370 e. The molecule has 1 saturated heterocycles. The number of pyridine rings is 1. The highest BCUT2D eigenvalue weighted by molar-refractivity contribution is 9.10. The van der Waals surface area contributed by atoms with E-state index in [0.29, 0.717) is 13.0 Å². The molecule has 0 saturated carbocycles. The fraction of sp³-hybridized carbons (Fsp3) is 0.455. The molecule has 0 radical (unpaired) electrons. The number of ketones is 1. The molecule has 0 spiro atoms. The van der Waals surface area contributed by atoms with E-state index in [1.54, 1.807) is 6.20 Å². The van der Waals surface area contributed by atoms with Crippen molar-refractivity contribution >= 4 is 21.7 Å². The van der Waals surface area contributed by atoms with Gasteiger partial charge in [-0.25, -0.2) is 0 Å². The summed E-state index contributed by atoms with van der Waals surface area (Å²) in [5, 5.41) is 0. The molecule has 3 nitrogen and oxygen atoms in total. The van der Waals surface area contributed by atoms with Gasteiger partial charge in [0.2, 0.25) is 0 Å². The Bertz CT molecular complexity index is 361. The summed E-state index contributed by atoms with van der Waals surface area (Å²) < 4.78 is 6.22. The van der Waals surface area contributed by atoms with Gasteiger partial charge in [0.25, 0.3) is 0 Å². The lowest BCUT2D eigenvalue weighted by atomic mass is 10.1. The Morgan fingerprint density at radius 1 is 1.67 bits per heavy atom. The molecule has 1 fully saturated rings. The SMILES string of the molecule is O=C(Cc1ncccc1Br)C1CCCO1. The quantitative estimate of drug-likeness (QED) is 0.844. The van der Waals surface area contributed by atoms with E-state index in [2.05, 4.69) is 20.9 Å². The van der Waals surface area contributed by atoms with Gasteiger partial charge < -0.3 is 4.74 Å². The maximum atomic E-state index is 11.8. The summed E-state index contributed by atoms with van der Waals surface area (Å²) in [6.45, 7) is 0.708. The van der Waals surface area contributed by atoms with E-state index in [9.17, 15) is 4.79 Å². The number of hydrogen-bond acceptors (Lipinski definition) is 3. The van der Waals surface area contributed by atoms with E-state index < -0.39 is 0 Å². The molecule has 4 heteroatoms. The van der Waals surface area contributed by atoms with Crippen LogP contribution in [0.25, 0.3) is 0 Å². The molecular weight excluding hydrogens is 258 g/mol. The van der Waals surface area contributed by atoms with Gasteiger partial charge in [-0.1, -0.05) is 0 Å². The Morgan fingerprint density at radius 3 is 3.20 bits per heavy atom. The molecule has 2 rings (SSSR count). The Morgan fingerprint density at radius 2 is 2.53 bits per heavy atom. The average molecular weight is 270 g/mol. The lowest BCUT2D eigenvalue weighted by Crippen LogP contribution is -2.21. The predicted molar refractivity (Wildman–Crippen MR) is 59.6 cm³/mol. The van der Waals surface area contributed by atoms with Crippen LogP contribution in [0.5, 0.6) is 0 Å². The van der Waals surface area contributed by atoms with Crippen molar-refractivity contribution in [2.24, 2.45) is 0 Å². The molecule has 1 aliphatic heterocycles. The van der Waals surface area contributed by atoms with Crippen molar-refractivity contribution in [3.8, 4) is 0 Å². The third-order valence-electron chi connectivity index (χ3n) is 2.47. The fourth-order valence-corrected chi connectivity index (χ4v) is 2.05. The molecule has 0 amide bonds. The normalized spacial score (nSPS) is 20.5. The second kappa shape index (κ2) is 4.86. The summed E-state index contributed by atoms with van der Waals surface area (Å²) in [5.41, 5.74) is 0.790. The fourth-order valence-electron chi connectivity index (χ4n) is 1.66. The molecule has 1 aromatic rings. The topological polar surface area (TPSA) is 39.2 Å². The van der Waals surface area contributed by atoms with Crippen LogP contribution in [-0.2, 0) is 16.0 Å². The summed E-state index contributed by atoms with van der Waals surface area (Å²) in [6, 6.07) is 3.73. The van der Waals surface area contributed by atoms with Gasteiger partial charge >= 0.3 is 0 Å². The number of rotatable bonds is 3. The molecule has 0 N–H and O–H groups in total. The predicted octanol–water partition coefficient (Wildman–Crippen LogP) is 2.13. The molecule has 0 aromatic carbocycles. The first-order chi connectivity index (χ1) is 7.27. The maximum absolute atomic E-state index is 11.8. The molecule has 80 valence electrons. The van der Waals surface area contributed by atoms with Crippen molar-refractivity contribution in [1.82, 2.24) is 4.98 Å². The number of Topliss-reactive ketones (excluding diaryl/α,β-unsaturated/α-hetero) is 1. The average Bonchev–Trinajstić information content (AvgIpc) is 2.74. The molecule has 0 bridgehead atoms. The van der Waals surface area contributed by atoms with Crippen LogP contribution < -0.4 is 0 Å². The third kappa shape index (κ3) is 2.63. The molecule has 1 unspecified atom stereocenters. The van der Waals surface area contributed by atoms with Gasteiger partial charge in [0.15, 0.2) is 5.78 Å². The lowest BCUT2D eigenvalue weighted by molar-refractivity contribution is -0.127. The second-order valence-electron chi connectivity index (χ2n) is 3.58. The van der Waals surface area contributed by atoms with Crippen LogP contribution in [0.3, 0.4) is 0 Å². The number of carbonyl (C=O) groups excluding carboxylic acids is 1. The van der Waals surface area contributed by atoms with Gasteiger partial charge in [-0.05, 0) is 40.9 Å². The molecule has 0 aliphatic carbocycles. The molecular formula is C11H12BrNO2. The second-order valence-corrected chi connectivity index (χ2v) is 4.43. The highest BCUT2D eigenvalue weighted by Crippen LogP contribution is 2.18. The number of hydrogen-bond donors (Lipinski definition) is 0. The Kier molecular flexibility index (Phi) is 3.49. The van der Waals surface area contributed by atoms with E-state index in [4.69, 9.17) is 4.74 Å². The van der Waals surface area contributed by atoms with Crippen molar-refractivity contribution in [3.63, 3.8) is 0 Å². The maximum Gasteiger partial charge on any atom is 0.167 e. The van der Waals surface area contributed by atoms with E-state index in [-0.39, 0.29) is 11.9 Å². The van der Waals surface area contributed by atoms with Gasteiger partial charge in [-0.15, -0.1) is 0 Å². The zero-order valence-corrected chi connectivity index (χ0v) is 9.87. The van der Waals surface area contributed by atoms with Crippen molar-refractivity contribution in [2.45, 2.75) is 25.4 Å². The van der Waals surface area contributed by atoms with Gasteiger partial charge in [0, 0.05) is 17.3 Å². The number of carbonyl (C=O) groups is 1. The van der Waals surface area contributed by atoms with E-state index in [1.165, 1.54) is 0 Å². The summed E-state index contributed by atoms with van der Waals surface area (Å²) in [7, 11) is 0. The number of ether oxygens (including phenoxy) is 1. The minimum atomic E-state index is -0.209. The number of aromatic nitrogens is 1. The highest BCUT2D eigenvalue weighted by atomic mass is 79.9. The molecule has 15 heavy (non-hydrogen) atoms. The lowest BCUT2D eigenvalue weighted by Gasteiger charge is -2.08. The highest BCUT2D eigenvalue weighted by Gasteiger charge is 2.24. The van der Waals surface area contributed by atoms with Crippen molar-refractivity contribution < 1.29 is 9.53 Å². The Hall–Kier alpha value is -0.740. The summed E-state index contributed by atoms with van der Waals surface area (Å²) in [6.07, 6.45) is 3.68. The van der Waals surface area contributed by atoms with Gasteiger partial charge in [-0.3, -0.25) is 9.78 Å². The van der Waals surface area contributed by atoms with Crippen LogP contribution in [0.2, 0.25) is 0 Å². The van der Waals surface area contributed by atoms with E-state index in [1.807, 2.05) is 12.1 Å². The molecule has 2 heterocycles. The molecule has 1 atom stereocenters. The van der Waals surface area contributed by atoms with Crippen molar-refractivity contribution in [3.05, 3.63) is 28.5 Å². The van der Waals surface area contributed by atoms with Crippen LogP contribution in [0.1, 0.15) is 18.5 Å². The van der Waals surface area contributed by atoms with Gasteiger partial charge in [0.05, 0.1) is 12.1 Å². The number of nitrogens with zero attached hydrogens (tertiary/aromatic N) is 1. The first-order valence-electron chi connectivity index (χ1n) is 5.01. The monoisotopic (exact) mass is 269 g/mol. The zero-order chi connectivity index (χ0) is 10.7. The number of halogens is 1. The first kappa shape index (κ1) is 10.8.